The Morgan fingerprint density at radius 2 is 0.971 bits per heavy atom. The summed E-state index contributed by atoms with van der Waals surface area (Å²) in [6, 6.07) is 47.6. The van der Waals surface area contributed by atoms with Crippen molar-refractivity contribution >= 4 is 54.5 Å². The second kappa shape index (κ2) is 8.81. The van der Waals surface area contributed by atoms with Gasteiger partial charge in [0.05, 0.1) is 5.69 Å². The molecule has 0 aliphatic heterocycles. The van der Waals surface area contributed by atoms with Gasteiger partial charge in [-0.25, -0.2) is 0 Å². The minimum Gasteiger partial charge on any atom is -0.310 e. The SMILES string of the molecule is Brc1ccc(-c2ccc(N(c3ccccc3)c3cc4ccccc4c4ccccc34)cc2)cc1. The van der Waals surface area contributed by atoms with Gasteiger partial charge in [0.25, 0.3) is 0 Å². The van der Waals surface area contributed by atoms with Crippen LogP contribution in [0.4, 0.5) is 17.1 Å². The summed E-state index contributed by atoms with van der Waals surface area (Å²) < 4.78 is 1.09. The molecule has 2 heteroatoms. The predicted molar refractivity (Wildman–Crippen MR) is 149 cm³/mol. The highest BCUT2D eigenvalue weighted by Crippen LogP contribution is 2.42. The average Bonchev–Trinajstić information content (AvgIpc) is 2.90. The third-order valence-corrected chi connectivity index (χ3v) is 6.83. The lowest BCUT2D eigenvalue weighted by molar-refractivity contribution is 1.30. The normalized spacial score (nSPS) is 11.1. The lowest BCUT2D eigenvalue weighted by atomic mass is 9.98. The molecule has 0 fully saturated rings. The molecular formula is C32H22BrN. The van der Waals surface area contributed by atoms with E-state index in [4.69, 9.17) is 0 Å². The van der Waals surface area contributed by atoms with Gasteiger partial charge < -0.3 is 4.90 Å². The van der Waals surface area contributed by atoms with E-state index in [1.165, 1.54) is 38.4 Å². The van der Waals surface area contributed by atoms with Crippen LogP contribution in [-0.2, 0) is 0 Å². The Labute approximate surface area is 208 Å². The lowest BCUT2D eigenvalue weighted by Gasteiger charge is -2.27. The van der Waals surface area contributed by atoms with Crippen molar-refractivity contribution in [3.05, 3.63) is 138 Å². The Bertz CT molecular complexity index is 1590. The monoisotopic (exact) mass is 499 g/mol. The van der Waals surface area contributed by atoms with E-state index in [2.05, 4.69) is 154 Å². The van der Waals surface area contributed by atoms with Gasteiger partial charge in [-0.15, -0.1) is 0 Å². The minimum absolute atomic E-state index is 1.09. The molecule has 0 saturated carbocycles. The first-order valence-corrected chi connectivity index (χ1v) is 12.2. The Morgan fingerprint density at radius 1 is 0.441 bits per heavy atom. The maximum absolute atomic E-state index is 3.53. The summed E-state index contributed by atoms with van der Waals surface area (Å²) in [6.45, 7) is 0. The van der Waals surface area contributed by atoms with Crippen molar-refractivity contribution in [1.29, 1.82) is 0 Å². The summed E-state index contributed by atoms with van der Waals surface area (Å²) in [5, 5.41) is 5.02. The third kappa shape index (κ3) is 3.76. The molecule has 34 heavy (non-hydrogen) atoms. The summed E-state index contributed by atoms with van der Waals surface area (Å²) >= 11 is 3.53. The number of hydrogen-bond acceptors (Lipinski definition) is 1. The van der Waals surface area contributed by atoms with Crippen LogP contribution in [0.5, 0.6) is 0 Å². The van der Waals surface area contributed by atoms with Gasteiger partial charge in [0, 0.05) is 21.2 Å². The molecule has 0 heterocycles. The number of halogens is 1. The lowest BCUT2D eigenvalue weighted by Crippen LogP contribution is -2.10. The molecule has 162 valence electrons. The van der Waals surface area contributed by atoms with E-state index in [-0.39, 0.29) is 0 Å². The molecule has 0 bridgehead atoms. The van der Waals surface area contributed by atoms with Gasteiger partial charge in [-0.1, -0.05) is 107 Å². The quantitative estimate of drug-likeness (QED) is 0.218. The first-order chi connectivity index (χ1) is 16.8. The van der Waals surface area contributed by atoms with E-state index in [0.717, 1.165) is 15.8 Å². The Hall–Kier alpha value is -3.88. The van der Waals surface area contributed by atoms with Crippen LogP contribution in [0.15, 0.2) is 138 Å². The van der Waals surface area contributed by atoms with Crippen molar-refractivity contribution in [3.8, 4) is 11.1 Å². The van der Waals surface area contributed by atoms with Crippen molar-refractivity contribution in [2.45, 2.75) is 0 Å². The molecular weight excluding hydrogens is 478 g/mol. The number of anilines is 3. The summed E-state index contributed by atoms with van der Waals surface area (Å²) in [7, 11) is 0. The van der Waals surface area contributed by atoms with E-state index in [1.54, 1.807) is 0 Å². The molecule has 6 aromatic rings. The standard InChI is InChI=1S/C32H22BrN/c33-26-18-14-23(15-19-26)24-16-20-28(21-17-24)34(27-9-2-1-3-10-27)32-22-25-8-4-5-11-29(25)30-12-6-7-13-31(30)32/h1-22H. The van der Waals surface area contributed by atoms with Crippen LogP contribution in [0.2, 0.25) is 0 Å². The van der Waals surface area contributed by atoms with E-state index < -0.39 is 0 Å². The summed E-state index contributed by atoms with van der Waals surface area (Å²) in [5.41, 5.74) is 5.86. The van der Waals surface area contributed by atoms with Crippen LogP contribution < -0.4 is 4.90 Å². The summed E-state index contributed by atoms with van der Waals surface area (Å²) in [5.74, 6) is 0. The fourth-order valence-electron chi connectivity index (χ4n) is 4.67. The van der Waals surface area contributed by atoms with Gasteiger partial charge in [0.15, 0.2) is 0 Å². The second-order valence-electron chi connectivity index (χ2n) is 8.39. The molecule has 0 spiro atoms. The van der Waals surface area contributed by atoms with Gasteiger partial charge in [0.2, 0.25) is 0 Å². The number of nitrogens with zero attached hydrogens (tertiary/aromatic N) is 1. The number of benzene rings is 6. The highest BCUT2D eigenvalue weighted by Gasteiger charge is 2.17. The first kappa shape index (κ1) is 20.7. The Morgan fingerprint density at radius 3 is 1.68 bits per heavy atom. The van der Waals surface area contributed by atoms with E-state index in [1.807, 2.05) is 0 Å². The molecule has 0 saturated heterocycles. The van der Waals surface area contributed by atoms with Crippen molar-refractivity contribution < 1.29 is 0 Å². The first-order valence-electron chi connectivity index (χ1n) is 11.4. The summed E-state index contributed by atoms with van der Waals surface area (Å²) in [4.78, 5) is 2.36. The second-order valence-corrected chi connectivity index (χ2v) is 9.30. The van der Waals surface area contributed by atoms with Crippen LogP contribution >= 0.6 is 15.9 Å². The summed E-state index contributed by atoms with van der Waals surface area (Å²) in [6.07, 6.45) is 0. The van der Waals surface area contributed by atoms with E-state index in [9.17, 15) is 0 Å². The molecule has 0 radical (unpaired) electrons. The highest BCUT2D eigenvalue weighted by atomic mass is 79.9. The maximum Gasteiger partial charge on any atom is 0.0546 e. The van der Waals surface area contributed by atoms with Crippen molar-refractivity contribution in [1.82, 2.24) is 0 Å². The van der Waals surface area contributed by atoms with Gasteiger partial charge in [-0.05, 0) is 69.8 Å². The fraction of sp³-hybridized carbons (Fsp3) is 0. The van der Waals surface area contributed by atoms with Gasteiger partial charge in [-0.2, -0.15) is 0 Å². The minimum atomic E-state index is 1.09. The topological polar surface area (TPSA) is 3.24 Å². The zero-order valence-electron chi connectivity index (χ0n) is 18.5. The maximum atomic E-state index is 3.53. The van der Waals surface area contributed by atoms with Crippen LogP contribution in [0.3, 0.4) is 0 Å². The molecule has 0 atom stereocenters. The smallest absolute Gasteiger partial charge is 0.0546 e. The van der Waals surface area contributed by atoms with Gasteiger partial charge >= 0.3 is 0 Å². The largest absolute Gasteiger partial charge is 0.310 e. The third-order valence-electron chi connectivity index (χ3n) is 6.30. The zero-order chi connectivity index (χ0) is 22.9. The van der Waals surface area contributed by atoms with Crippen molar-refractivity contribution in [2.75, 3.05) is 4.90 Å². The van der Waals surface area contributed by atoms with Crippen LogP contribution in [0.1, 0.15) is 0 Å². The number of rotatable bonds is 4. The number of hydrogen-bond donors (Lipinski definition) is 0. The van der Waals surface area contributed by atoms with Crippen LogP contribution in [-0.4, -0.2) is 0 Å². The fourth-order valence-corrected chi connectivity index (χ4v) is 4.93. The molecule has 6 rings (SSSR count). The molecule has 6 aromatic carbocycles. The van der Waals surface area contributed by atoms with Crippen molar-refractivity contribution in [3.63, 3.8) is 0 Å². The van der Waals surface area contributed by atoms with E-state index >= 15 is 0 Å². The molecule has 0 aliphatic rings. The van der Waals surface area contributed by atoms with Gasteiger partial charge in [-0.3, -0.25) is 0 Å². The molecule has 0 aromatic heterocycles. The molecule has 0 amide bonds. The van der Waals surface area contributed by atoms with Crippen LogP contribution in [0.25, 0.3) is 32.7 Å². The Kier molecular flexibility index (Phi) is 5.37. The van der Waals surface area contributed by atoms with E-state index in [0.29, 0.717) is 0 Å². The predicted octanol–water partition coefficient (Wildman–Crippen LogP) is 9.89. The number of para-hydroxylation sites is 1. The molecule has 0 aliphatic carbocycles. The highest BCUT2D eigenvalue weighted by molar-refractivity contribution is 9.10. The molecule has 0 N–H and O–H groups in total. The average molecular weight is 500 g/mol. The molecule has 0 unspecified atom stereocenters. The molecule has 1 nitrogen and oxygen atoms in total. The number of fused-ring (bicyclic) bond motifs is 3. The van der Waals surface area contributed by atoms with Crippen molar-refractivity contribution in [2.24, 2.45) is 0 Å². The zero-order valence-corrected chi connectivity index (χ0v) is 20.1. The van der Waals surface area contributed by atoms with Crippen LogP contribution in [0, 0.1) is 0 Å². The van der Waals surface area contributed by atoms with Gasteiger partial charge in [0.1, 0.15) is 0 Å². The Balaban J connectivity index is 1.56.